The lowest BCUT2D eigenvalue weighted by Gasteiger charge is -2.49. The third-order valence-electron chi connectivity index (χ3n) is 6.64. The topological polar surface area (TPSA) is 60.0 Å². The molecule has 6 nitrogen and oxygen atoms in total. The van der Waals surface area contributed by atoms with E-state index >= 15 is 0 Å². The van der Waals surface area contributed by atoms with Crippen molar-refractivity contribution in [3.8, 4) is 17.2 Å². The van der Waals surface area contributed by atoms with Crippen LogP contribution in [-0.4, -0.2) is 50.3 Å². The fraction of sp³-hybridized carbons (Fsp3) is 0.480. The predicted octanol–water partition coefficient (Wildman–Crippen LogP) is 4.68. The molecule has 2 aliphatic heterocycles. The van der Waals surface area contributed by atoms with Crippen LogP contribution < -0.4 is 19.5 Å². The van der Waals surface area contributed by atoms with E-state index in [9.17, 15) is 4.79 Å². The highest BCUT2D eigenvalue weighted by molar-refractivity contribution is 6.30. The van der Waals surface area contributed by atoms with Crippen LogP contribution in [0.5, 0.6) is 17.2 Å². The van der Waals surface area contributed by atoms with Gasteiger partial charge in [0.05, 0.1) is 21.3 Å². The number of ether oxygens (including phenoxy) is 3. The molecule has 2 bridgehead atoms. The Morgan fingerprint density at radius 3 is 2.25 bits per heavy atom. The average molecular weight is 459 g/mol. The summed E-state index contributed by atoms with van der Waals surface area (Å²) < 4.78 is 16.2. The third kappa shape index (κ3) is 4.81. The van der Waals surface area contributed by atoms with E-state index in [1.165, 1.54) is 12.0 Å². The standard InChI is InChI=1S/C25H31ClN2O4/c1-30-22-11-17(12-23(31-2)24(22)32-3)25(29)27-19-13-20-8-5-9-21(14-19)28(20)15-16-6-4-7-18(26)10-16/h4,6-7,10-12,19-21H,5,8-9,13-15H2,1-3H3,(H,27,29)/t19?,20-,21+. The minimum Gasteiger partial charge on any atom is -0.493 e. The number of amides is 1. The smallest absolute Gasteiger partial charge is 0.251 e. The van der Waals surface area contributed by atoms with E-state index in [1.54, 1.807) is 33.5 Å². The highest BCUT2D eigenvalue weighted by Gasteiger charge is 2.38. The van der Waals surface area contributed by atoms with Crippen LogP contribution in [0, 0.1) is 0 Å². The summed E-state index contributed by atoms with van der Waals surface area (Å²) in [6.45, 7) is 0.906. The maximum atomic E-state index is 13.1. The molecule has 1 amide bonds. The van der Waals surface area contributed by atoms with E-state index in [1.807, 2.05) is 12.1 Å². The number of piperidine rings is 2. The van der Waals surface area contributed by atoms with Crippen molar-refractivity contribution in [2.75, 3.05) is 21.3 Å². The van der Waals surface area contributed by atoms with Crippen molar-refractivity contribution >= 4 is 17.5 Å². The Labute approximate surface area is 194 Å². The molecule has 2 aliphatic rings. The number of carbonyl (C=O) groups is 1. The van der Waals surface area contributed by atoms with E-state index in [2.05, 4.69) is 22.3 Å². The van der Waals surface area contributed by atoms with Crippen molar-refractivity contribution in [2.24, 2.45) is 0 Å². The first kappa shape index (κ1) is 22.7. The highest BCUT2D eigenvalue weighted by atomic mass is 35.5. The van der Waals surface area contributed by atoms with Crippen molar-refractivity contribution in [3.63, 3.8) is 0 Å². The SMILES string of the molecule is COc1cc(C(=O)NC2C[C@H]3CCC[C@@H](C2)N3Cc2cccc(Cl)c2)cc(OC)c1OC. The number of nitrogens with one attached hydrogen (secondary N) is 1. The van der Waals surface area contributed by atoms with Crippen molar-refractivity contribution in [3.05, 3.63) is 52.5 Å². The Morgan fingerprint density at radius 2 is 1.69 bits per heavy atom. The van der Waals surface area contributed by atoms with Crippen LogP contribution in [0.15, 0.2) is 36.4 Å². The molecule has 32 heavy (non-hydrogen) atoms. The van der Waals surface area contributed by atoms with Gasteiger partial charge >= 0.3 is 0 Å². The van der Waals surface area contributed by atoms with Crippen molar-refractivity contribution in [1.82, 2.24) is 10.2 Å². The predicted molar refractivity (Wildman–Crippen MR) is 125 cm³/mol. The molecule has 2 aromatic rings. The van der Waals surface area contributed by atoms with Crippen LogP contribution in [0.3, 0.4) is 0 Å². The van der Waals surface area contributed by atoms with Gasteiger partial charge in [0.1, 0.15) is 0 Å². The Balaban J connectivity index is 1.46. The van der Waals surface area contributed by atoms with E-state index in [4.69, 9.17) is 25.8 Å². The van der Waals surface area contributed by atoms with Crippen LogP contribution in [0.25, 0.3) is 0 Å². The molecule has 1 unspecified atom stereocenters. The molecular formula is C25H31ClN2O4. The first-order valence-electron chi connectivity index (χ1n) is 11.1. The van der Waals surface area contributed by atoms with Crippen molar-refractivity contribution in [1.29, 1.82) is 0 Å². The molecule has 0 aromatic heterocycles. The molecule has 2 aromatic carbocycles. The van der Waals surface area contributed by atoms with Crippen molar-refractivity contribution < 1.29 is 19.0 Å². The fourth-order valence-electron chi connectivity index (χ4n) is 5.18. The zero-order valence-corrected chi connectivity index (χ0v) is 19.7. The number of carbonyl (C=O) groups excluding carboxylic acids is 1. The summed E-state index contributed by atoms with van der Waals surface area (Å²) in [6.07, 6.45) is 5.47. The van der Waals surface area contributed by atoms with Gasteiger partial charge in [0.25, 0.3) is 5.91 Å². The zero-order valence-electron chi connectivity index (χ0n) is 18.9. The Kier molecular flexibility index (Phi) is 7.11. The Morgan fingerprint density at radius 1 is 1.03 bits per heavy atom. The van der Waals surface area contributed by atoms with Gasteiger partial charge in [-0.25, -0.2) is 0 Å². The van der Waals surface area contributed by atoms with Gasteiger partial charge in [0, 0.05) is 35.3 Å². The molecule has 4 rings (SSSR count). The van der Waals surface area contributed by atoms with Gasteiger partial charge < -0.3 is 19.5 Å². The maximum Gasteiger partial charge on any atom is 0.251 e. The van der Waals surface area contributed by atoms with Gasteiger partial charge in [0.2, 0.25) is 5.75 Å². The van der Waals surface area contributed by atoms with Crippen LogP contribution in [-0.2, 0) is 6.54 Å². The number of hydrogen-bond acceptors (Lipinski definition) is 5. The molecule has 0 aliphatic carbocycles. The number of hydrogen-bond donors (Lipinski definition) is 1. The Hall–Kier alpha value is -2.44. The highest BCUT2D eigenvalue weighted by Crippen LogP contribution is 2.39. The summed E-state index contributed by atoms with van der Waals surface area (Å²) in [6, 6.07) is 12.6. The number of fused-ring (bicyclic) bond motifs is 2. The lowest BCUT2D eigenvalue weighted by atomic mass is 9.81. The van der Waals surface area contributed by atoms with Crippen molar-refractivity contribution in [2.45, 2.75) is 56.8 Å². The summed E-state index contributed by atoms with van der Waals surface area (Å²) in [7, 11) is 4.65. The van der Waals surface area contributed by atoms with Crippen LogP contribution >= 0.6 is 11.6 Å². The first-order chi connectivity index (χ1) is 15.5. The lowest BCUT2D eigenvalue weighted by Crippen LogP contribution is -2.56. The molecule has 0 spiro atoms. The number of halogens is 1. The maximum absolute atomic E-state index is 13.1. The number of benzene rings is 2. The molecular weight excluding hydrogens is 428 g/mol. The molecule has 172 valence electrons. The van der Waals surface area contributed by atoms with E-state index in [0.29, 0.717) is 34.9 Å². The van der Waals surface area contributed by atoms with Gasteiger partial charge in [-0.05, 0) is 55.5 Å². The number of methoxy groups -OCH3 is 3. The number of rotatable bonds is 7. The molecule has 2 saturated heterocycles. The molecule has 1 N–H and O–H groups in total. The minimum absolute atomic E-state index is 0.115. The summed E-state index contributed by atoms with van der Waals surface area (Å²) in [5.74, 6) is 1.32. The summed E-state index contributed by atoms with van der Waals surface area (Å²) in [4.78, 5) is 15.7. The molecule has 0 radical (unpaired) electrons. The van der Waals surface area contributed by atoms with Gasteiger partial charge in [-0.2, -0.15) is 0 Å². The minimum atomic E-state index is -0.115. The van der Waals surface area contributed by atoms with Crippen LogP contribution in [0.2, 0.25) is 5.02 Å². The second-order valence-electron chi connectivity index (χ2n) is 8.60. The Bertz CT molecular complexity index is 928. The van der Waals surface area contributed by atoms with E-state index in [-0.39, 0.29) is 11.9 Å². The summed E-state index contributed by atoms with van der Waals surface area (Å²) in [5, 5.41) is 4.04. The van der Waals surface area contributed by atoms with Crippen LogP contribution in [0.4, 0.5) is 0 Å². The van der Waals surface area contributed by atoms with Gasteiger partial charge in [-0.1, -0.05) is 30.2 Å². The average Bonchev–Trinajstić information content (AvgIpc) is 2.78. The summed E-state index contributed by atoms with van der Waals surface area (Å²) in [5.41, 5.74) is 1.75. The monoisotopic (exact) mass is 458 g/mol. The molecule has 7 heteroatoms. The molecule has 0 saturated carbocycles. The molecule has 3 atom stereocenters. The van der Waals surface area contributed by atoms with Gasteiger partial charge in [-0.3, -0.25) is 9.69 Å². The number of nitrogens with zero attached hydrogens (tertiary/aromatic N) is 1. The summed E-state index contributed by atoms with van der Waals surface area (Å²) >= 11 is 6.19. The zero-order chi connectivity index (χ0) is 22.7. The van der Waals surface area contributed by atoms with Gasteiger partial charge in [-0.15, -0.1) is 0 Å². The first-order valence-corrected chi connectivity index (χ1v) is 11.5. The van der Waals surface area contributed by atoms with E-state index in [0.717, 1.165) is 37.3 Å². The molecule has 2 fully saturated rings. The second kappa shape index (κ2) is 10.0. The quantitative estimate of drug-likeness (QED) is 0.652. The van der Waals surface area contributed by atoms with Crippen LogP contribution in [0.1, 0.15) is 48.0 Å². The normalized spacial score (nSPS) is 22.8. The molecule has 2 heterocycles. The fourth-order valence-corrected chi connectivity index (χ4v) is 5.39. The largest absolute Gasteiger partial charge is 0.493 e. The second-order valence-corrected chi connectivity index (χ2v) is 9.03. The van der Waals surface area contributed by atoms with Gasteiger partial charge in [0.15, 0.2) is 11.5 Å². The van der Waals surface area contributed by atoms with E-state index < -0.39 is 0 Å². The lowest BCUT2D eigenvalue weighted by molar-refractivity contribution is 0.0177. The third-order valence-corrected chi connectivity index (χ3v) is 6.88.